The summed E-state index contributed by atoms with van der Waals surface area (Å²) in [7, 11) is 0. The van der Waals surface area contributed by atoms with E-state index in [-0.39, 0.29) is 0 Å². The Bertz CT molecular complexity index is 1760. The van der Waals surface area contributed by atoms with E-state index in [9.17, 15) is 0 Å². The van der Waals surface area contributed by atoms with Crippen molar-refractivity contribution < 1.29 is 0 Å². The van der Waals surface area contributed by atoms with Crippen LogP contribution in [-0.2, 0) is 0 Å². The van der Waals surface area contributed by atoms with E-state index in [0.717, 1.165) is 0 Å². The molecule has 24 heteroatoms. The number of pyridine rings is 3. The maximum Gasteiger partial charge on any atom is 0.138 e. The molecule has 0 atom stereocenters. The number of nitrogens with zero attached hydrogens (tertiary/aromatic N) is 24. The zero-order chi connectivity index (χ0) is 55.2. The monoisotopic (exact) mass is 1040 g/mol. The van der Waals surface area contributed by atoms with E-state index in [2.05, 4.69) is 121 Å². The van der Waals surface area contributed by atoms with Crippen LogP contribution in [-0.4, -0.2) is 121 Å². The molecule has 0 bridgehead atoms. The molecule has 13 rings (SSSR count). The molecule has 0 radical (unpaired) electrons. The van der Waals surface area contributed by atoms with E-state index in [4.69, 9.17) is 0 Å². The van der Waals surface area contributed by atoms with E-state index in [1.54, 1.807) is 155 Å². The third kappa shape index (κ3) is 58.5. The molecule has 1 aromatic carbocycles. The lowest BCUT2D eigenvalue weighted by atomic mass is 10.4. The molecule has 0 aliphatic carbocycles. The summed E-state index contributed by atoms with van der Waals surface area (Å²) in [4.78, 5) is 58.8. The van der Waals surface area contributed by atoms with Crippen molar-refractivity contribution in [1.82, 2.24) is 121 Å². The molecule has 0 N–H and O–H groups in total. The van der Waals surface area contributed by atoms with E-state index < -0.39 is 0 Å². The molecule has 12 aromatic heterocycles. The molecule has 78 heavy (non-hydrogen) atoms. The molecule has 0 saturated heterocycles. The van der Waals surface area contributed by atoms with Crippen molar-refractivity contribution in [1.29, 1.82) is 0 Å². The van der Waals surface area contributed by atoms with Crippen LogP contribution < -0.4 is 0 Å². The van der Waals surface area contributed by atoms with Crippen LogP contribution in [0.3, 0.4) is 0 Å². The second-order valence-electron chi connectivity index (χ2n) is 12.0. The van der Waals surface area contributed by atoms with Crippen LogP contribution in [0.5, 0.6) is 0 Å². The first-order valence-corrected chi connectivity index (χ1v) is 22.5. The van der Waals surface area contributed by atoms with Gasteiger partial charge in [-0.3, -0.25) is 24.9 Å². The Labute approximate surface area is 451 Å². The lowest BCUT2D eigenvalue weighted by Gasteiger charge is -1.70. The second kappa shape index (κ2) is 61.3. The molecule has 0 aliphatic heterocycles. The van der Waals surface area contributed by atoms with E-state index in [1.807, 2.05) is 115 Å². The van der Waals surface area contributed by atoms with E-state index in [0.29, 0.717) is 0 Å². The highest BCUT2D eigenvalue weighted by atomic mass is 15.1. The summed E-state index contributed by atoms with van der Waals surface area (Å²) in [5.74, 6) is 0. The van der Waals surface area contributed by atoms with Crippen molar-refractivity contribution in [2.45, 2.75) is 0 Å². The Morgan fingerprint density at radius 1 is 0.0897 bits per heavy atom. The number of aromatic nitrogens is 24. The minimum atomic E-state index is 1.39. The van der Waals surface area contributed by atoms with Gasteiger partial charge in [0, 0.05) is 136 Å². The lowest BCUT2D eigenvalue weighted by molar-refractivity contribution is 0.969. The van der Waals surface area contributed by atoms with Crippen molar-refractivity contribution >= 4 is 0 Å². The van der Waals surface area contributed by atoms with Gasteiger partial charge in [0.05, 0.1) is 12.4 Å². The topological polar surface area (TPSA) is 309 Å². The van der Waals surface area contributed by atoms with Gasteiger partial charge < -0.3 is 0 Å². The third-order valence-corrected chi connectivity index (χ3v) is 6.45. The number of hydrogen-bond donors (Lipinski definition) is 0. The number of hydrogen-bond acceptors (Lipinski definition) is 24. The molecule has 0 amide bonds. The van der Waals surface area contributed by atoms with Gasteiger partial charge in [-0.15, -0.1) is 10.2 Å². The number of benzene rings is 1. The Kier molecular flexibility index (Phi) is 50.5. The van der Waals surface area contributed by atoms with E-state index >= 15 is 0 Å². The fraction of sp³-hybridized carbons (Fsp3) is 0. The molecule has 0 spiro atoms. The van der Waals surface area contributed by atoms with Gasteiger partial charge in [-0.05, 0) is 78.9 Å². The first-order chi connectivity index (χ1) is 39.0. The van der Waals surface area contributed by atoms with Crippen LogP contribution in [0.25, 0.3) is 0 Å². The minimum absolute atomic E-state index is 1.39. The zero-order valence-electron chi connectivity index (χ0n) is 41.9. The van der Waals surface area contributed by atoms with Crippen LogP contribution in [0.1, 0.15) is 0 Å². The summed E-state index contributed by atoms with van der Waals surface area (Å²) in [6, 6.07) is 41.8. The maximum atomic E-state index is 3.78. The summed E-state index contributed by atoms with van der Waals surface area (Å²) >= 11 is 0. The predicted octanol–water partition coefficient (Wildman–Crippen LogP) is 7.41. The molecule has 0 aliphatic rings. The standard InChI is InChI=1S/C6H6.3C5H5N.6C4H4N2.3C3H3N3/c4*1-2-4-6-5-3-1;1-2-6-4-3-5-1;3*1-2-5-4-6-3-1;2*1-2-4-6-5-3-1;1-4-2-6-3-5-1;2*1-2-5-6-3-4-1/h1-6H;3*1-5H;6*1-4H;3*1-3H. The largest absolute Gasteiger partial charge is 0.265 e. The van der Waals surface area contributed by atoms with E-state index in [1.165, 1.54) is 63.0 Å². The Balaban J connectivity index is 0.000000422. The Morgan fingerprint density at radius 2 is 0.269 bits per heavy atom. The van der Waals surface area contributed by atoms with Gasteiger partial charge in [0.2, 0.25) is 0 Å². The van der Waals surface area contributed by atoms with Gasteiger partial charge in [-0.1, -0.05) is 54.6 Å². The van der Waals surface area contributed by atoms with Crippen molar-refractivity contribution in [3.63, 3.8) is 0 Å². The summed E-state index contributed by atoms with van der Waals surface area (Å²) in [5.41, 5.74) is 0. The van der Waals surface area contributed by atoms with Crippen molar-refractivity contribution in [2.75, 3.05) is 0 Å². The average Bonchev–Trinajstić information content (AvgIpc) is 3.60. The zero-order valence-corrected chi connectivity index (χ0v) is 41.9. The molecular formula is C54H54N24. The molecule has 12 heterocycles. The quantitative estimate of drug-likeness (QED) is 0.143. The molecule has 0 fully saturated rings. The molecular weight excluding hydrogens is 985 g/mol. The van der Waals surface area contributed by atoms with Gasteiger partial charge in [-0.2, -0.15) is 30.6 Å². The highest BCUT2D eigenvalue weighted by Gasteiger charge is 1.66. The maximum absolute atomic E-state index is 3.78. The molecule has 390 valence electrons. The SMILES string of the molecule is c1ccccc1.c1ccncc1.c1ccncc1.c1ccncc1.c1ccnnc1.c1ccnnc1.c1cnccn1.c1cncnc1.c1cncnc1.c1cncnc1.c1cnncn1.c1cnncn1.c1ncncn1. The first kappa shape index (κ1) is 64.2. The van der Waals surface area contributed by atoms with Crippen molar-refractivity contribution in [3.8, 4) is 0 Å². The minimum Gasteiger partial charge on any atom is -0.265 e. The summed E-state index contributed by atoms with van der Waals surface area (Å²) in [6.07, 6.45) is 51.5. The Morgan fingerprint density at radius 3 is 0.359 bits per heavy atom. The van der Waals surface area contributed by atoms with Crippen LogP contribution in [0.4, 0.5) is 0 Å². The average molecular weight is 1040 g/mol. The first-order valence-electron chi connectivity index (χ1n) is 22.5. The van der Waals surface area contributed by atoms with Gasteiger partial charge >= 0.3 is 0 Å². The predicted molar refractivity (Wildman–Crippen MR) is 291 cm³/mol. The molecule has 13 aromatic rings. The van der Waals surface area contributed by atoms with Crippen molar-refractivity contribution in [3.05, 3.63) is 333 Å². The lowest BCUT2D eigenvalue weighted by Crippen LogP contribution is -1.75. The van der Waals surface area contributed by atoms with Crippen LogP contribution >= 0.6 is 0 Å². The normalized spacial score (nSPS) is 8.00. The van der Waals surface area contributed by atoms with Gasteiger partial charge in [-0.25, -0.2) is 54.8 Å². The van der Waals surface area contributed by atoms with Crippen LogP contribution in [0, 0.1) is 0 Å². The van der Waals surface area contributed by atoms with Crippen LogP contribution in [0.15, 0.2) is 333 Å². The number of rotatable bonds is 0. The highest BCUT2D eigenvalue weighted by Crippen LogP contribution is 1.80. The fourth-order valence-corrected chi connectivity index (χ4v) is 3.46. The van der Waals surface area contributed by atoms with Gasteiger partial charge in [0.1, 0.15) is 50.6 Å². The molecule has 24 nitrogen and oxygen atoms in total. The highest BCUT2D eigenvalue weighted by molar-refractivity contribution is 4.99. The second-order valence-corrected chi connectivity index (χ2v) is 12.0. The van der Waals surface area contributed by atoms with Gasteiger partial charge in [0.15, 0.2) is 0 Å². The van der Waals surface area contributed by atoms with Crippen LogP contribution in [0.2, 0.25) is 0 Å². The molecule has 0 saturated carbocycles. The van der Waals surface area contributed by atoms with Gasteiger partial charge in [0.25, 0.3) is 0 Å². The fourth-order valence-electron chi connectivity index (χ4n) is 3.46. The summed E-state index contributed by atoms with van der Waals surface area (Å²) < 4.78 is 0. The summed E-state index contributed by atoms with van der Waals surface area (Å²) in [5, 5.41) is 27.9. The molecule has 0 unspecified atom stereocenters. The summed E-state index contributed by atoms with van der Waals surface area (Å²) in [6.45, 7) is 0. The Hall–Kier alpha value is -11.8. The smallest absolute Gasteiger partial charge is 0.138 e. The van der Waals surface area contributed by atoms with Crippen molar-refractivity contribution in [2.24, 2.45) is 0 Å². The third-order valence-electron chi connectivity index (χ3n) is 6.45.